The lowest BCUT2D eigenvalue weighted by atomic mass is 9.78. The summed E-state index contributed by atoms with van der Waals surface area (Å²) >= 11 is 0. The second-order valence-electron chi connectivity index (χ2n) is 8.92. The van der Waals surface area contributed by atoms with Crippen LogP contribution in [-0.2, 0) is 15.0 Å². The molecule has 0 aliphatic heterocycles. The van der Waals surface area contributed by atoms with Crippen molar-refractivity contribution in [2.75, 3.05) is 11.9 Å². The maximum absolute atomic E-state index is 13.6. The van der Waals surface area contributed by atoms with Gasteiger partial charge in [-0.25, -0.2) is 8.78 Å². The first-order chi connectivity index (χ1) is 15.4. The number of amides is 2. The van der Waals surface area contributed by atoms with Crippen LogP contribution in [0.1, 0.15) is 44.1 Å². The van der Waals surface area contributed by atoms with E-state index in [0.29, 0.717) is 24.9 Å². The highest BCUT2D eigenvalue weighted by Gasteiger charge is 2.51. The summed E-state index contributed by atoms with van der Waals surface area (Å²) in [5.41, 5.74) is 6.82. The third-order valence-corrected chi connectivity index (χ3v) is 6.85. The van der Waals surface area contributed by atoms with E-state index in [-0.39, 0.29) is 29.7 Å². The van der Waals surface area contributed by atoms with Crippen LogP contribution in [0.25, 0.3) is 0 Å². The highest BCUT2D eigenvalue weighted by molar-refractivity contribution is 5.92. The Kier molecular flexibility index (Phi) is 6.50. The van der Waals surface area contributed by atoms with Crippen LogP contribution in [0.4, 0.5) is 14.5 Å². The minimum absolute atomic E-state index is 0.0127. The Hall–Kier alpha value is -2.87. The second-order valence-corrected chi connectivity index (χ2v) is 8.92. The third kappa shape index (κ3) is 4.80. The van der Waals surface area contributed by atoms with Crippen molar-refractivity contribution >= 4 is 17.5 Å². The van der Waals surface area contributed by atoms with E-state index in [4.69, 9.17) is 5.73 Å². The average molecular weight is 443 g/mol. The summed E-state index contributed by atoms with van der Waals surface area (Å²) in [5, 5.41) is 5.84. The molecule has 1 aromatic heterocycles. The van der Waals surface area contributed by atoms with Gasteiger partial charge in [0.05, 0.1) is 5.41 Å². The van der Waals surface area contributed by atoms with Crippen molar-refractivity contribution in [3.8, 4) is 0 Å². The summed E-state index contributed by atoms with van der Waals surface area (Å²) in [6, 6.07) is 6.95. The molecular formula is C24H28F2N4O2. The van der Waals surface area contributed by atoms with Gasteiger partial charge in [0.1, 0.15) is 0 Å². The van der Waals surface area contributed by atoms with E-state index in [1.54, 1.807) is 24.5 Å². The Labute approximate surface area is 186 Å². The average Bonchev–Trinajstić information content (AvgIpc) is 3.62. The van der Waals surface area contributed by atoms with Crippen molar-refractivity contribution < 1.29 is 18.4 Å². The van der Waals surface area contributed by atoms with E-state index in [9.17, 15) is 18.4 Å². The molecule has 2 aliphatic carbocycles. The van der Waals surface area contributed by atoms with Gasteiger partial charge in [-0.1, -0.05) is 6.07 Å². The molecular weight excluding hydrogens is 414 g/mol. The lowest BCUT2D eigenvalue weighted by Crippen LogP contribution is -2.46. The Morgan fingerprint density at radius 2 is 1.75 bits per heavy atom. The van der Waals surface area contributed by atoms with E-state index >= 15 is 0 Å². The van der Waals surface area contributed by atoms with Crippen molar-refractivity contribution in [1.82, 2.24) is 10.3 Å². The number of carbonyl (C=O) groups excluding carboxylic acids is 2. The molecule has 2 fully saturated rings. The number of pyridine rings is 1. The number of hydrogen-bond donors (Lipinski definition) is 3. The zero-order chi connectivity index (χ0) is 22.7. The van der Waals surface area contributed by atoms with Gasteiger partial charge in [-0.3, -0.25) is 14.6 Å². The van der Waals surface area contributed by atoms with Gasteiger partial charge in [-0.05, 0) is 74.3 Å². The van der Waals surface area contributed by atoms with Crippen molar-refractivity contribution in [2.45, 2.75) is 50.0 Å². The zero-order valence-electron chi connectivity index (χ0n) is 17.8. The molecule has 32 heavy (non-hydrogen) atoms. The Balaban J connectivity index is 1.24. The molecule has 1 aromatic carbocycles. The summed E-state index contributed by atoms with van der Waals surface area (Å²) in [6.45, 7) is 0.322. The van der Waals surface area contributed by atoms with Crippen LogP contribution >= 0.6 is 0 Å². The summed E-state index contributed by atoms with van der Waals surface area (Å²) in [6.07, 6.45) is 7.63. The topological polar surface area (TPSA) is 97.1 Å². The molecule has 4 rings (SSSR count). The smallest absolute Gasteiger partial charge is 0.230 e. The number of anilines is 1. The van der Waals surface area contributed by atoms with Crippen LogP contribution in [0.15, 0.2) is 42.7 Å². The molecule has 0 spiro atoms. The molecule has 2 saturated carbocycles. The number of hydrogen-bond acceptors (Lipinski definition) is 4. The van der Waals surface area contributed by atoms with Crippen LogP contribution in [0.3, 0.4) is 0 Å². The van der Waals surface area contributed by atoms with Crippen LogP contribution in [-0.4, -0.2) is 29.4 Å². The summed E-state index contributed by atoms with van der Waals surface area (Å²) in [7, 11) is 0. The van der Waals surface area contributed by atoms with Gasteiger partial charge in [-0.2, -0.15) is 0 Å². The normalized spacial score (nSPS) is 22.6. The molecule has 2 amide bonds. The number of aromatic nitrogens is 1. The molecule has 1 atom stereocenters. The number of carbonyl (C=O) groups is 2. The maximum Gasteiger partial charge on any atom is 0.230 e. The van der Waals surface area contributed by atoms with Gasteiger partial charge in [-0.15, -0.1) is 0 Å². The van der Waals surface area contributed by atoms with Crippen LogP contribution < -0.4 is 16.4 Å². The number of halogens is 2. The van der Waals surface area contributed by atoms with Gasteiger partial charge in [0.2, 0.25) is 11.8 Å². The van der Waals surface area contributed by atoms with Crippen molar-refractivity contribution in [1.29, 1.82) is 0 Å². The highest BCUT2D eigenvalue weighted by atomic mass is 19.2. The van der Waals surface area contributed by atoms with Crippen LogP contribution in [0.5, 0.6) is 0 Å². The predicted molar refractivity (Wildman–Crippen MR) is 117 cm³/mol. The predicted octanol–water partition coefficient (Wildman–Crippen LogP) is 3.28. The van der Waals surface area contributed by atoms with Gasteiger partial charge in [0, 0.05) is 36.6 Å². The van der Waals surface area contributed by atoms with Crippen molar-refractivity contribution in [2.24, 2.45) is 17.6 Å². The summed E-state index contributed by atoms with van der Waals surface area (Å²) < 4.78 is 26.8. The second kappa shape index (κ2) is 9.32. The van der Waals surface area contributed by atoms with Gasteiger partial charge in [0.25, 0.3) is 0 Å². The molecule has 170 valence electrons. The molecule has 1 heterocycles. The van der Waals surface area contributed by atoms with E-state index in [2.05, 4.69) is 15.6 Å². The van der Waals surface area contributed by atoms with Crippen LogP contribution in [0, 0.1) is 23.5 Å². The Bertz CT molecular complexity index is 973. The van der Waals surface area contributed by atoms with E-state index in [1.165, 1.54) is 6.07 Å². The third-order valence-electron chi connectivity index (χ3n) is 6.85. The fraction of sp³-hybridized carbons (Fsp3) is 0.458. The number of nitrogens with zero attached hydrogens (tertiary/aromatic N) is 1. The lowest BCUT2D eigenvalue weighted by molar-refractivity contribution is -0.123. The van der Waals surface area contributed by atoms with E-state index < -0.39 is 17.0 Å². The van der Waals surface area contributed by atoms with E-state index in [0.717, 1.165) is 43.5 Å². The molecule has 1 unspecified atom stereocenters. The van der Waals surface area contributed by atoms with E-state index in [1.807, 2.05) is 0 Å². The summed E-state index contributed by atoms with van der Waals surface area (Å²) in [4.78, 5) is 29.2. The zero-order valence-corrected chi connectivity index (χ0v) is 17.8. The van der Waals surface area contributed by atoms with Gasteiger partial charge < -0.3 is 16.4 Å². The molecule has 2 aliphatic rings. The molecule has 4 N–H and O–H groups in total. The SMILES string of the molecule is NC(CNC(=O)C1(c2ccc(F)c(F)c2)CC1)C1CCC(C(=O)Nc2ccncc2)CC1. The Morgan fingerprint density at radius 3 is 2.38 bits per heavy atom. The maximum atomic E-state index is 13.6. The quantitative estimate of drug-likeness (QED) is 0.613. The first-order valence-electron chi connectivity index (χ1n) is 11.1. The Morgan fingerprint density at radius 1 is 1.06 bits per heavy atom. The molecule has 0 radical (unpaired) electrons. The molecule has 6 nitrogen and oxygen atoms in total. The fourth-order valence-electron chi connectivity index (χ4n) is 4.60. The molecule has 8 heteroatoms. The summed E-state index contributed by atoms with van der Waals surface area (Å²) in [5.74, 6) is -1.87. The largest absolute Gasteiger partial charge is 0.354 e. The van der Waals surface area contributed by atoms with Gasteiger partial charge in [0.15, 0.2) is 11.6 Å². The minimum Gasteiger partial charge on any atom is -0.354 e. The molecule has 0 saturated heterocycles. The van der Waals surface area contributed by atoms with Crippen molar-refractivity contribution in [3.63, 3.8) is 0 Å². The number of benzene rings is 1. The lowest BCUT2D eigenvalue weighted by Gasteiger charge is -2.32. The standard InChI is InChI=1S/C24H28F2N4O2/c25-19-6-5-17(13-20(19)26)24(9-10-24)23(32)29-14-21(27)15-1-3-16(4-2-15)22(31)30-18-7-11-28-12-8-18/h5-8,11-13,15-16,21H,1-4,9-10,14,27H2,(H,29,32)(H,28,30,31). The fourth-order valence-corrected chi connectivity index (χ4v) is 4.60. The molecule has 2 aromatic rings. The number of nitrogens with two attached hydrogens (primary N) is 1. The molecule has 0 bridgehead atoms. The minimum atomic E-state index is -0.942. The first-order valence-corrected chi connectivity index (χ1v) is 11.1. The number of rotatable bonds is 7. The highest BCUT2D eigenvalue weighted by Crippen LogP contribution is 2.48. The monoisotopic (exact) mass is 442 g/mol. The number of nitrogens with one attached hydrogen (secondary N) is 2. The van der Waals surface area contributed by atoms with Crippen molar-refractivity contribution in [3.05, 3.63) is 59.9 Å². The van der Waals surface area contributed by atoms with Crippen LogP contribution in [0.2, 0.25) is 0 Å². The first kappa shape index (κ1) is 22.3. The van der Waals surface area contributed by atoms with Gasteiger partial charge >= 0.3 is 0 Å².